The van der Waals surface area contributed by atoms with Crippen molar-refractivity contribution in [2.45, 2.75) is 51.1 Å². The van der Waals surface area contributed by atoms with Crippen LogP contribution in [-0.4, -0.2) is 29.9 Å². The molecule has 1 N–H and O–H groups in total. The SMILES string of the molecule is Cl.O=C(C1C2C3CCC(C3)C12)N(Cc1ccsc1)C1CC12CCNCC2. The Kier molecular flexibility index (Phi) is 4.19. The third-order valence-corrected chi connectivity index (χ3v) is 9.09. The molecule has 5 fully saturated rings. The number of thiophene rings is 1. The Labute approximate surface area is 166 Å². The Bertz CT molecular complexity index is 670. The van der Waals surface area contributed by atoms with Crippen molar-refractivity contribution in [2.75, 3.05) is 13.1 Å². The molecular formula is C21H29ClN2OS. The molecule has 5 heteroatoms. The number of amides is 1. The van der Waals surface area contributed by atoms with Crippen LogP contribution in [0.15, 0.2) is 16.8 Å². The molecule has 5 unspecified atom stereocenters. The molecule has 0 aromatic carbocycles. The summed E-state index contributed by atoms with van der Waals surface area (Å²) >= 11 is 1.76. The Morgan fingerprint density at radius 1 is 1.23 bits per heavy atom. The lowest BCUT2D eigenvalue weighted by Crippen LogP contribution is -2.40. The van der Waals surface area contributed by atoms with E-state index in [2.05, 4.69) is 27.0 Å². The first-order valence-corrected chi connectivity index (χ1v) is 11.2. The third-order valence-electron chi connectivity index (χ3n) is 8.36. The first kappa shape index (κ1) is 17.5. The van der Waals surface area contributed by atoms with Gasteiger partial charge in [-0.15, -0.1) is 12.4 Å². The number of carbonyl (C=O) groups is 1. The van der Waals surface area contributed by atoms with Crippen molar-refractivity contribution in [3.8, 4) is 0 Å². The summed E-state index contributed by atoms with van der Waals surface area (Å²) in [6, 6.07) is 2.72. The average Bonchev–Trinajstić information content (AvgIpc) is 3.27. The molecule has 2 heterocycles. The van der Waals surface area contributed by atoms with E-state index in [4.69, 9.17) is 0 Å². The van der Waals surface area contributed by atoms with Crippen LogP contribution < -0.4 is 5.32 Å². The summed E-state index contributed by atoms with van der Waals surface area (Å²) in [6.45, 7) is 3.12. The van der Waals surface area contributed by atoms with E-state index in [9.17, 15) is 4.79 Å². The number of nitrogens with one attached hydrogen (secondary N) is 1. The van der Waals surface area contributed by atoms with Gasteiger partial charge in [0.1, 0.15) is 0 Å². The molecule has 5 aliphatic rings. The van der Waals surface area contributed by atoms with Crippen molar-refractivity contribution >= 4 is 29.7 Å². The molecule has 2 bridgehead atoms. The Morgan fingerprint density at radius 3 is 2.62 bits per heavy atom. The van der Waals surface area contributed by atoms with Crippen LogP contribution in [0, 0.1) is 35.0 Å². The van der Waals surface area contributed by atoms with Crippen LogP contribution in [-0.2, 0) is 11.3 Å². The van der Waals surface area contributed by atoms with Crippen LogP contribution in [0.2, 0.25) is 0 Å². The maximum Gasteiger partial charge on any atom is 0.226 e. The van der Waals surface area contributed by atoms with Gasteiger partial charge in [0, 0.05) is 18.5 Å². The lowest BCUT2D eigenvalue weighted by Gasteiger charge is -2.30. The first-order valence-electron chi connectivity index (χ1n) is 10.3. The molecule has 3 nitrogen and oxygen atoms in total. The highest BCUT2D eigenvalue weighted by atomic mass is 35.5. The number of carbonyl (C=O) groups excluding carboxylic acids is 1. The van der Waals surface area contributed by atoms with E-state index >= 15 is 0 Å². The smallest absolute Gasteiger partial charge is 0.226 e. The van der Waals surface area contributed by atoms with Crippen molar-refractivity contribution in [3.05, 3.63) is 22.4 Å². The van der Waals surface area contributed by atoms with Gasteiger partial charge in [-0.3, -0.25) is 4.79 Å². The van der Waals surface area contributed by atoms with Gasteiger partial charge in [0.25, 0.3) is 0 Å². The Morgan fingerprint density at radius 2 is 1.96 bits per heavy atom. The molecule has 1 spiro atoms. The van der Waals surface area contributed by atoms with Crippen LogP contribution in [0.5, 0.6) is 0 Å². The largest absolute Gasteiger partial charge is 0.335 e. The number of rotatable bonds is 4. The van der Waals surface area contributed by atoms with Gasteiger partial charge >= 0.3 is 0 Å². The summed E-state index contributed by atoms with van der Waals surface area (Å²) in [5.41, 5.74) is 1.78. The summed E-state index contributed by atoms with van der Waals surface area (Å²) in [4.78, 5) is 15.9. The van der Waals surface area contributed by atoms with Crippen LogP contribution in [0.3, 0.4) is 0 Å². The predicted octanol–water partition coefficient (Wildman–Crippen LogP) is 3.93. The highest BCUT2D eigenvalue weighted by Crippen LogP contribution is 2.70. The normalized spacial score (nSPS) is 40.8. The van der Waals surface area contributed by atoms with Gasteiger partial charge in [-0.1, -0.05) is 0 Å². The number of fused-ring (bicyclic) bond motifs is 5. The second-order valence-corrected chi connectivity index (χ2v) is 10.2. The van der Waals surface area contributed by atoms with Gasteiger partial charge in [-0.05, 0) is 103 Å². The molecule has 5 atom stereocenters. The zero-order chi connectivity index (χ0) is 16.6. The molecule has 26 heavy (non-hydrogen) atoms. The molecule has 1 aliphatic heterocycles. The maximum absolute atomic E-state index is 13.6. The van der Waals surface area contributed by atoms with E-state index < -0.39 is 0 Å². The number of piperidine rings is 1. The fourth-order valence-electron chi connectivity index (χ4n) is 7.00. The summed E-state index contributed by atoms with van der Waals surface area (Å²) in [5.74, 6) is 4.22. The standard InChI is InChI=1S/C21H28N2OS.ClH/c24-20(19-17-14-1-2-15(9-14)18(17)19)23(11-13-3-8-25-12-13)16-10-21(16)4-6-22-7-5-21;/h3,8,12,14-19,22H,1-2,4-7,9-11H2;1H. The molecule has 1 saturated heterocycles. The minimum Gasteiger partial charge on any atom is -0.335 e. The zero-order valence-corrected chi connectivity index (χ0v) is 16.9. The second kappa shape index (κ2) is 6.22. The fraction of sp³-hybridized carbons (Fsp3) is 0.762. The lowest BCUT2D eigenvalue weighted by atomic mass is 9.93. The molecule has 1 aromatic rings. The zero-order valence-electron chi connectivity index (χ0n) is 15.2. The fourth-order valence-corrected chi connectivity index (χ4v) is 7.66. The summed E-state index contributed by atoms with van der Waals surface area (Å²) < 4.78 is 0. The number of hydrogen-bond donors (Lipinski definition) is 1. The minimum atomic E-state index is 0. The van der Waals surface area contributed by atoms with Crippen LogP contribution >= 0.6 is 23.7 Å². The van der Waals surface area contributed by atoms with Gasteiger partial charge in [-0.25, -0.2) is 0 Å². The van der Waals surface area contributed by atoms with Crippen LogP contribution in [0.1, 0.15) is 44.1 Å². The number of halogens is 1. The number of hydrogen-bond acceptors (Lipinski definition) is 3. The van der Waals surface area contributed by atoms with Crippen molar-refractivity contribution in [2.24, 2.45) is 35.0 Å². The van der Waals surface area contributed by atoms with Gasteiger partial charge in [0.2, 0.25) is 5.91 Å². The molecular weight excluding hydrogens is 364 g/mol. The molecule has 1 amide bonds. The van der Waals surface area contributed by atoms with Gasteiger partial charge in [-0.2, -0.15) is 11.3 Å². The average molecular weight is 393 g/mol. The maximum atomic E-state index is 13.6. The monoisotopic (exact) mass is 392 g/mol. The highest BCUT2D eigenvalue weighted by Gasteiger charge is 2.69. The van der Waals surface area contributed by atoms with Gasteiger partial charge < -0.3 is 10.2 Å². The molecule has 1 aromatic heterocycles. The summed E-state index contributed by atoms with van der Waals surface area (Å²) in [6.07, 6.45) is 8.00. The second-order valence-electron chi connectivity index (χ2n) is 9.44. The van der Waals surface area contributed by atoms with Crippen molar-refractivity contribution < 1.29 is 4.79 Å². The van der Waals surface area contributed by atoms with E-state index in [1.165, 1.54) is 44.1 Å². The third kappa shape index (κ3) is 2.51. The molecule has 4 saturated carbocycles. The van der Waals surface area contributed by atoms with E-state index in [1.807, 2.05) is 0 Å². The van der Waals surface area contributed by atoms with E-state index in [-0.39, 0.29) is 12.4 Å². The van der Waals surface area contributed by atoms with Crippen molar-refractivity contribution in [1.29, 1.82) is 0 Å². The van der Waals surface area contributed by atoms with Crippen LogP contribution in [0.4, 0.5) is 0 Å². The van der Waals surface area contributed by atoms with Gasteiger partial charge in [0.05, 0.1) is 0 Å². The number of nitrogens with zero attached hydrogens (tertiary/aromatic N) is 1. The summed E-state index contributed by atoms with van der Waals surface area (Å²) in [5, 5.41) is 7.88. The molecule has 142 valence electrons. The topological polar surface area (TPSA) is 32.3 Å². The van der Waals surface area contributed by atoms with Crippen LogP contribution in [0.25, 0.3) is 0 Å². The predicted molar refractivity (Wildman–Crippen MR) is 106 cm³/mol. The molecule has 0 radical (unpaired) electrons. The quantitative estimate of drug-likeness (QED) is 0.841. The lowest BCUT2D eigenvalue weighted by molar-refractivity contribution is -0.135. The van der Waals surface area contributed by atoms with E-state index in [0.717, 1.165) is 43.3 Å². The highest BCUT2D eigenvalue weighted by molar-refractivity contribution is 7.07. The van der Waals surface area contributed by atoms with E-state index in [0.29, 0.717) is 23.3 Å². The Balaban J connectivity index is 0.00000150. The Hall–Kier alpha value is -0.580. The molecule has 4 aliphatic carbocycles. The van der Waals surface area contributed by atoms with E-state index in [1.54, 1.807) is 11.3 Å². The van der Waals surface area contributed by atoms with Crippen molar-refractivity contribution in [1.82, 2.24) is 10.2 Å². The van der Waals surface area contributed by atoms with Gasteiger partial charge in [0.15, 0.2) is 0 Å². The van der Waals surface area contributed by atoms with Crippen molar-refractivity contribution in [3.63, 3.8) is 0 Å². The minimum absolute atomic E-state index is 0. The summed E-state index contributed by atoms with van der Waals surface area (Å²) in [7, 11) is 0. The molecule has 6 rings (SSSR count). The first-order chi connectivity index (χ1) is 12.3.